The van der Waals surface area contributed by atoms with E-state index in [0.29, 0.717) is 34.4 Å². The molecule has 2 aromatic carbocycles. The average Bonchev–Trinajstić information content (AvgIpc) is 3.66. The molecule has 1 aromatic heterocycles. The van der Waals surface area contributed by atoms with E-state index in [1.807, 2.05) is 36.4 Å². The lowest BCUT2D eigenvalue weighted by molar-refractivity contribution is -0.119. The number of hydrogen-bond donors (Lipinski definition) is 0. The van der Waals surface area contributed by atoms with Crippen molar-refractivity contribution in [2.45, 2.75) is 38.6 Å². The molecule has 0 radical (unpaired) electrons. The second kappa shape index (κ2) is 10.9. The number of rotatable bonds is 10. The molecule has 5 rings (SSSR count). The highest BCUT2D eigenvalue weighted by atomic mass is 35.5. The van der Waals surface area contributed by atoms with Crippen LogP contribution in [0.1, 0.15) is 31.2 Å². The van der Waals surface area contributed by atoms with Gasteiger partial charge >= 0.3 is 5.69 Å². The van der Waals surface area contributed by atoms with Gasteiger partial charge in [-0.3, -0.25) is 14.3 Å². The summed E-state index contributed by atoms with van der Waals surface area (Å²) in [6.07, 6.45) is 4.75. The Morgan fingerprint density at radius 1 is 1.09 bits per heavy atom. The van der Waals surface area contributed by atoms with E-state index in [1.165, 1.54) is 27.7 Å². The van der Waals surface area contributed by atoms with Crippen LogP contribution >= 0.6 is 11.6 Å². The molecule has 0 unspecified atom stereocenters. The van der Waals surface area contributed by atoms with Crippen LogP contribution in [0.4, 0.5) is 0 Å². The molecule has 2 fully saturated rings. The van der Waals surface area contributed by atoms with Crippen LogP contribution in [-0.2, 0) is 22.5 Å². The molecule has 0 atom stereocenters. The second-order valence-corrected chi connectivity index (χ2v) is 9.94. The van der Waals surface area contributed by atoms with Crippen molar-refractivity contribution in [1.29, 1.82) is 0 Å². The van der Waals surface area contributed by atoms with E-state index in [0.717, 1.165) is 45.7 Å². The van der Waals surface area contributed by atoms with Gasteiger partial charge in [-0.2, -0.15) is 4.68 Å². The van der Waals surface area contributed by atoms with Crippen molar-refractivity contribution in [3.05, 3.63) is 69.6 Å². The third-order valence-corrected chi connectivity index (χ3v) is 7.04. The molecule has 0 spiro atoms. The SMILES string of the molecule is O=C(CCC1CC1)Cn1c(-c2cccc(Cl)c2)nn(-c2ccc(CCN3CCOCC3)cc2)c1=O. The zero-order chi connectivity index (χ0) is 24.2. The second-order valence-electron chi connectivity index (χ2n) is 9.51. The van der Waals surface area contributed by atoms with E-state index in [9.17, 15) is 9.59 Å². The van der Waals surface area contributed by atoms with Gasteiger partial charge in [-0.05, 0) is 48.6 Å². The Morgan fingerprint density at radius 2 is 1.86 bits per heavy atom. The molecule has 3 aromatic rings. The first-order chi connectivity index (χ1) is 17.1. The van der Waals surface area contributed by atoms with Crippen LogP contribution in [0.15, 0.2) is 53.3 Å². The summed E-state index contributed by atoms with van der Waals surface area (Å²) in [6.45, 7) is 4.53. The molecular formula is C27H31ClN4O3. The Bertz CT molecular complexity index is 1220. The number of benzene rings is 2. The van der Waals surface area contributed by atoms with Crippen LogP contribution in [0.25, 0.3) is 17.1 Å². The molecule has 35 heavy (non-hydrogen) atoms. The highest BCUT2D eigenvalue weighted by molar-refractivity contribution is 6.30. The first-order valence-corrected chi connectivity index (χ1v) is 12.8. The lowest BCUT2D eigenvalue weighted by Gasteiger charge is -2.26. The fraction of sp³-hybridized carbons (Fsp3) is 0.444. The standard InChI is InChI=1S/C27H31ClN4O3/c28-23-3-1-2-22(18-23)26-29-32(27(34)31(26)19-25(33)11-8-20-4-5-20)24-9-6-21(7-10-24)12-13-30-14-16-35-17-15-30/h1-3,6-7,9-10,18,20H,4-5,8,11-17,19H2. The number of Topliss-reactive ketones (excluding diaryl/α,β-unsaturated/α-hetero) is 1. The number of morpholine rings is 1. The van der Waals surface area contributed by atoms with Crippen LogP contribution in [0.5, 0.6) is 0 Å². The van der Waals surface area contributed by atoms with E-state index in [2.05, 4.69) is 10.00 Å². The van der Waals surface area contributed by atoms with Crippen LogP contribution in [-0.4, -0.2) is 57.9 Å². The first kappa shape index (κ1) is 24.0. The predicted molar refractivity (Wildman–Crippen MR) is 136 cm³/mol. The lowest BCUT2D eigenvalue weighted by atomic mass is 10.1. The van der Waals surface area contributed by atoms with Gasteiger partial charge in [0.05, 0.1) is 25.4 Å². The maximum absolute atomic E-state index is 13.4. The van der Waals surface area contributed by atoms with E-state index in [-0.39, 0.29) is 18.0 Å². The van der Waals surface area contributed by atoms with Crippen molar-refractivity contribution >= 4 is 17.4 Å². The normalized spacial score (nSPS) is 16.5. The number of nitrogens with zero attached hydrogens (tertiary/aromatic N) is 4. The molecule has 8 heteroatoms. The summed E-state index contributed by atoms with van der Waals surface area (Å²) in [7, 11) is 0. The fourth-order valence-electron chi connectivity index (χ4n) is 4.49. The number of carbonyl (C=O) groups excluding carboxylic acids is 1. The van der Waals surface area contributed by atoms with Gasteiger partial charge in [-0.1, -0.05) is 48.7 Å². The summed E-state index contributed by atoms with van der Waals surface area (Å²) in [5, 5.41) is 5.19. The zero-order valence-corrected chi connectivity index (χ0v) is 20.6. The summed E-state index contributed by atoms with van der Waals surface area (Å²) in [5.41, 5.74) is 2.28. The van der Waals surface area contributed by atoms with Gasteiger partial charge in [0.1, 0.15) is 0 Å². The zero-order valence-electron chi connectivity index (χ0n) is 19.9. The van der Waals surface area contributed by atoms with E-state index in [4.69, 9.17) is 16.3 Å². The van der Waals surface area contributed by atoms with Crippen molar-refractivity contribution in [2.75, 3.05) is 32.8 Å². The molecule has 0 amide bonds. The minimum Gasteiger partial charge on any atom is -0.379 e. The number of ketones is 1. The summed E-state index contributed by atoms with van der Waals surface area (Å²) in [4.78, 5) is 28.5. The lowest BCUT2D eigenvalue weighted by Crippen LogP contribution is -2.37. The molecule has 7 nitrogen and oxygen atoms in total. The fourth-order valence-corrected chi connectivity index (χ4v) is 4.68. The van der Waals surface area contributed by atoms with E-state index >= 15 is 0 Å². The Balaban J connectivity index is 1.37. The van der Waals surface area contributed by atoms with Gasteiger partial charge in [0, 0.05) is 36.6 Å². The van der Waals surface area contributed by atoms with Crippen molar-refractivity contribution in [1.82, 2.24) is 19.2 Å². The summed E-state index contributed by atoms with van der Waals surface area (Å²) in [6, 6.07) is 15.2. The van der Waals surface area contributed by atoms with Crippen LogP contribution in [0.3, 0.4) is 0 Å². The number of hydrogen-bond acceptors (Lipinski definition) is 5. The van der Waals surface area contributed by atoms with E-state index < -0.39 is 0 Å². The summed E-state index contributed by atoms with van der Waals surface area (Å²) >= 11 is 6.21. The highest BCUT2D eigenvalue weighted by Crippen LogP contribution is 2.33. The molecule has 1 aliphatic carbocycles. The van der Waals surface area contributed by atoms with Crippen molar-refractivity contribution < 1.29 is 9.53 Å². The topological polar surface area (TPSA) is 69.4 Å². The maximum Gasteiger partial charge on any atom is 0.351 e. The molecule has 1 aliphatic heterocycles. The van der Waals surface area contributed by atoms with E-state index in [1.54, 1.807) is 12.1 Å². The number of ether oxygens (including phenoxy) is 1. The molecule has 184 valence electrons. The minimum absolute atomic E-state index is 0.0189. The molecule has 1 saturated heterocycles. The molecule has 2 aliphatic rings. The smallest absolute Gasteiger partial charge is 0.351 e. The van der Waals surface area contributed by atoms with Crippen LogP contribution in [0.2, 0.25) is 5.02 Å². The van der Waals surface area contributed by atoms with Crippen molar-refractivity contribution in [3.63, 3.8) is 0 Å². The Labute approximate surface area is 210 Å². The number of halogens is 1. The maximum atomic E-state index is 13.4. The largest absolute Gasteiger partial charge is 0.379 e. The quantitative estimate of drug-likeness (QED) is 0.426. The van der Waals surface area contributed by atoms with Crippen molar-refractivity contribution in [3.8, 4) is 17.1 Å². The molecule has 0 bridgehead atoms. The molecular weight excluding hydrogens is 464 g/mol. The monoisotopic (exact) mass is 494 g/mol. The molecule has 2 heterocycles. The van der Waals surface area contributed by atoms with Gasteiger partial charge in [0.2, 0.25) is 0 Å². The molecule has 0 N–H and O–H groups in total. The summed E-state index contributed by atoms with van der Waals surface area (Å²) < 4.78 is 8.28. The van der Waals surface area contributed by atoms with Gasteiger partial charge in [0.25, 0.3) is 0 Å². The van der Waals surface area contributed by atoms with Crippen molar-refractivity contribution in [2.24, 2.45) is 5.92 Å². The minimum atomic E-state index is -0.319. The van der Waals surface area contributed by atoms with Crippen LogP contribution < -0.4 is 5.69 Å². The first-order valence-electron chi connectivity index (χ1n) is 12.4. The van der Waals surface area contributed by atoms with Gasteiger partial charge < -0.3 is 4.74 Å². The molecule has 1 saturated carbocycles. The van der Waals surface area contributed by atoms with Crippen LogP contribution in [0, 0.1) is 5.92 Å². The Morgan fingerprint density at radius 3 is 2.57 bits per heavy atom. The Kier molecular flexibility index (Phi) is 7.46. The summed E-state index contributed by atoms with van der Waals surface area (Å²) in [5.74, 6) is 1.18. The van der Waals surface area contributed by atoms with Gasteiger partial charge in [-0.25, -0.2) is 4.79 Å². The van der Waals surface area contributed by atoms with Gasteiger partial charge in [-0.15, -0.1) is 5.10 Å². The average molecular weight is 495 g/mol. The van der Waals surface area contributed by atoms with Gasteiger partial charge in [0.15, 0.2) is 11.6 Å². The number of carbonyl (C=O) groups is 1. The Hall–Kier alpha value is -2.74. The number of aromatic nitrogens is 3. The third-order valence-electron chi connectivity index (χ3n) is 6.81. The highest BCUT2D eigenvalue weighted by Gasteiger charge is 2.23. The third kappa shape index (κ3) is 6.10. The predicted octanol–water partition coefficient (Wildman–Crippen LogP) is 3.99.